The Hall–Kier alpha value is -0.390. The van der Waals surface area contributed by atoms with Crippen LogP contribution in [0, 0.1) is 0 Å². The fourth-order valence-electron chi connectivity index (χ4n) is 1.50. The molecule has 3 nitrogen and oxygen atoms in total. The van der Waals surface area contributed by atoms with Gasteiger partial charge >= 0.3 is 0 Å². The van der Waals surface area contributed by atoms with E-state index in [0.29, 0.717) is 25.1 Å². The molecule has 0 aromatic heterocycles. The van der Waals surface area contributed by atoms with Crippen molar-refractivity contribution in [2.45, 2.75) is 13.3 Å². The molecule has 0 radical (unpaired) electrons. The summed E-state index contributed by atoms with van der Waals surface area (Å²) in [6.07, 6.45) is 0.605. The SMILES string of the molecule is CCN(CCCO)C(=O)c1ccc(Br)cc1Br. The van der Waals surface area contributed by atoms with Crippen molar-refractivity contribution in [3.63, 3.8) is 0 Å². The van der Waals surface area contributed by atoms with Crippen LogP contribution in [0.15, 0.2) is 27.1 Å². The van der Waals surface area contributed by atoms with Crippen molar-refractivity contribution in [2.24, 2.45) is 0 Å². The van der Waals surface area contributed by atoms with Gasteiger partial charge in [0.25, 0.3) is 5.91 Å². The van der Waals surface area contributed by atoms with Crippen molar-refractivity contribution >= 4 is 37.8 Å². The van der Waals surface area contributed by atoms with E-state index < -0.39 is 0 Å². The van der Waals surface area contributed by atoms with Gasteiger partial charge in [-0.2, -0.15) is 0 Å². The molecule has 0 aliphatic rings. The largest absolute Gasteiger partial charge is 0.396 e. The molecule has 0 saturated carbocycles. The minimum absolute atomic E-state index is 0.0136. The molecule has 0 aliphatic heterocycles. The topological polar surface area (TPSA) is 40.5 Å². The van der Waals surface area contributed by atoms with Gasteiger partial charge in [-0.05, 0) is 47.5 Å². The summed E-state index contributed by atoms with van der Waals surface area (Å²) < 4.78 is 1.71. The van der Waals surface area contributed by atoms with Crippen LogP contribution in [0.4, 0.5) is 0 Å². The number of halogens is 2. The van der Waals surface area contributed by atoms with Crippen molar-refractivity contribution in [2.75, 3.05) is 19.7 Å². The van der Waals surface area contributed by atoms with Crippen LogP contribution in [0.3, 0.4) is 0 Å². The zero-order valence-electron chi connectivity index (χ0n) is 9.62. The predicted octanol–water partition coefficient (Wildman–Crippen LogP) is 3.06. The van der Waals surface area contributed by atoms with Gasteiger partial charge in [-0.15, -0.1) is 0 Å². The van der Waals surface area contributed by atoms with Crippen molar-refractivity contribution in [3.8, 4) is 0 Å². The molecule has 0 atom stereocenters. The van der Waals surface area contributed by atoms with Crippen LogP contribution in [0.25, 0.3) is 0 Å². The summed E-state index contributed by atoms with van der Waals surface area (Å²) in [5.41, 5.74) is 0.646. The lowest BCUT2D eigenvalue weighted by Gasteiger charge is -2.21. The average Bonchev–Trinajstić information content (AvgIpc) is 2.29. The average molecular weight is 365 g/mol. The van der Waals surface area contributed by atoms with E-state index in [4.69, 9.17) is 5.11 Å². The number of hydrogen-bond donors (Lipinski definition) is 1. The smallest absolute Gasteiger partial charge is 0.254 e. The van der Waals surface area contributed by atoms with Gasteiger partial charge in [0.2, 0.25) is 0 Å². The van der Waals surface area contributed by atoms with E-state index in [9.17, 15) is 4.79 Å². The van der Waals surface area contributed by atoms with Crippen LogP contribution in [-0.2, 0) is 0 Å². The van der Waals surface area contributed by atoms with E-state index in [1.165, 1.54) is 0 Å². The lowest BCUT2D eigenvalue weighted by atomic mass is 10.2. The van der Waals surface area contributed by atoms with Gasteiger partial charge in [-0.3, -0.25) is 4.79 Å². The number of carbonyl (C=O) groups excluding carboxylic acids is 1. The Morgan fingerprint density at radius 3 is 2.65 bits per heavy atom. The highest BCUT2D eigenvalue weighted by Crippen LogP contribution is 2.23. The minimum Gasteiger partial charge on any atom is -0.396 e. The fourth-order valence-corrected chi connectivity index (χ4v) is 2.71. The monoisotopic (exact) mass is 363 g/mol. The van der Waals surface area contributed by atoms with Crippen molar-refractivity contribution < 1.29 is 9.90 Å². The van der Waals surface area contributed by atoms with E-state index in [0.717, 1.165) is 8.95 Å². The molecule has 0 heterocycles. The molecular formula is C12H15Br2NO2. The summed E-state index contributed by atoms with van der Waals surface area (Å²) in [7, 11) is 0. The van der Waals surface area contributed by atoms with Gasteiger partial charge in [-0.1, -0.05) is 15.9 Å². The molecule has 0 bridgehead atoms. The molecule has 17 heavy (non-hydrogen) atoms. The zero-order chi connectivity index (χ0) is 12.8. The Bertz CT molecular complexity index is 396. The van der Waals surface area contributed by atoms with Crippen molar-refractivity contribution in [1.29, 1.82) is 0 Å². The van der Waals surface area contributed by atoms with Gasteiger partial charge in [0.15, 0.2) is 0 Å². The third-order valence-corrected chi connectivity index (χ3v) is 3.57. The van der Waals surface area contributed by atoms with Gasteiger partial charge in [0.05, 0.1) is 5.56 Å². The van der Waals surface area contributed by atoms with E-state index in [2.05, 4.69) is 31.9 Å². The molecular weight excluding hydrogens is 350 g/mol. The quantitative estimate of drug-likeness (QED) is 0.872. The maximum Gasteiger partial charge on any atom is 0.254 e. The van der Waals surface area contributed by atoms with Crippen LogP contribution >= 0.6 is 31.9 Å². The molecule has 1 rings (SSSR count). The minimum atomic E-state index is -0.0136. The summed E-state index contributed by atoms with van der Waals surface area (Å²) in [4.78, 5) is 13.9. The van der Waals surface area contributed by atoms with Crippen molar-refractivity contribution in [3.05, 3.63) is 32.7 Å². The lowest BCUT2D eigenvalue weighted by Crippen LogP contribution is -2.32. The first kappa shape index (κ1) is 14.7. The second-order valence-electron chi connectivity index (χ2n) is 3.59. The molecule has 1 N–H and O–H groups in total. The number of nitrogens with zero attached hydrogens (tertiary/aromatic N) is 1. The number of benzene rings is 1. The van der Waals surface area contributed by atoms with E-state index in [1.54, 1.807) is 11.0 Å². The normalized spacial score (nSPS) is 10.4. The van der Waals surface area contributed by atoms with Crippen LogP contribution in [-0.4, -0.2) is 35.6 Å². The standard InChI is InChI=1S/C12H15Br2NO2/c1-2-15(6-3-7-16)12(17)10-5-4-9(13)8-11(10)14/h4-5,8,16H,2-3,6-7H2,1H3. The summed E-state index contributed by atoms with van der Waals surface area (Å²) in [6, 6.07) is 5.49. The first-order valence-corrected chi connectivity index (χ1v) is 7.04. The maximum absolute atomic E-state index is 12.2. The molecule has 0 aliphatic carbocycles. The highest BCUT2D eigenvalue weighted by atomic mass is 79.9. The molecule has 0 spiro atoms. The Balaban J connectivity index is 2.86. The number of aliphatic hydroxyl groups is 1. The number of amides is 1. The molecule has 1 aromatic carbocycles. The van der Waals surface area contributed by atoms with Gasteiger partial charge in [0.1, 0.15) is 0 Å². The van der Waals surface area contributed by atoms with Crippen LogP contribution < -0.4 is 0 Å². The molecule has 1 amide bonds. The van der Waals surface area contributed by atoms with Crippen LogP contribution in [0.5, 0.6) is 0 Å². The van der Waals surface area contributed by atoms with Crippen LogP contribution in [0.2, 0.25) is 0 Å². The van der Waals surface area contributed by atoms with Gasteiger partial charge in [-0.25, -0.2) is 0 Å². The highest BCUT2D eigenvalue weighted by molar-refractivity contribution is 9.11. The zero-order valence-corrected chi connectivity index (χ0v) is 12.8. The molecule has 1 aromatic rings. The first-order valence-electron chi connectivity index (χ1n) is 5.45. The third-order valence-electron chi connectivity index (χ3n) is 2.42. The number of aliphatic hydroxyl groups excluding tert-OH is 1. The fraction of sp³-hybridized carbons (Fsp3) is 0.417. The second-order valence-corrected chi connectivity index (χ2v) is 5.36. The summed E-state index contributed by atoms with van der Waals surface area (Å²) in [5.74, 6) is -0.0136. The Labute approximate surface area is 118 Å². The number of rotatable bonds is 5. The highest BCUT2D eigenvalue weighted by Gasteiger charge is 2.16. The van der Waals surface area contributed by atoms with E-state index in [1.807, 2.05) is 19.1 Å². The molecule has 0 unspecified atom stereocenters. The lowest BCUT2D eigenvalue weighted by molar-refractivity contribution is 0.0753. The predicted molar refractivity (Wildman–Crippen MR) is 75.1 cm³/mol. The third kappa shape index (κ3) is 4.08. The number of carbonyl (C=O) groups is 1. The van der Waals surface area contributed by atoms with E-state index in [-0.39, 0.29) is 12.5 Å². The molecule has 94 valence electrons. The summed E-state index contributed by atoms with van der Waals surface area (Å²) in [6.45, 7) is 3.25. The summed E-state index contributed by atoms with van der Waals surface area (Å²) >= 11 is 6.74. The van der Waals surface area contributed by atoms with E-state index >= 15 is 0 Å². The Kier molecular flexibility index (Phi) is 6.16. The van der Waals surface area contributed by atoms with Crippen molar-refractivity contribution in [1.82, 2.24) is 4.90 Å². The molecule has 5 heteroatoms. The number of hydrogen-bond acceptors (Lipinski definition) is 2. The van der Waals surface area contributed by atoms with Gasteiger partial charge in [0, 0.05) is 28.6 Å². The van der Waals surface area contributed by atoms with Gasteiger partial charge < -0.3 is 10.0 Å². The maximum atomic E-state index is 12.2. The molecule has 0 fully saturated rings. The summed E-state index contributed by atoms with van der Waals surface area (Å²) in [5, 5.41) is 8.80. The van der Waals surface area contributed by atoms with Crippen LogP contribution in [0.1, 0.15) is 23.7 Å². The Morgan fingerprint density at radius 1 is 1.41 bits per heavy atom. The Morgan fingerprint density at radius 2 is 2.12 bits per heavy atom. The molecule has 0 saturated heterocycles. The first-order chi connectivity index (χ1) is 8.10. The second kappa shape index (κ2) is 7.13.